The number of nitrogens with one attached hydrogen (secondary N) is 1. The first-order valence-corrected chi connectivity index (χ1v) is 13.1. The van der Waals surface area contributed by atoms with E-state index in [1.807, 2.05) is 30.3 Å². The monoisotopic (exact) mass is 548 g/mol. The third kappa shape index (κ3) is 7.34. The number of alkyl carbamates (subject to hydrolysis) is 1. The van der Waals surface area contributed by atoms with Gasteiger partial charge in [-0.25, -0.2) is 19.2 Å². The van der Waals surface area contributed by atoms with Crippen LogP contribution in [0.5, 0.6) is 11.6 Å². The van der Waals surface area contributed by atoms with Gasteiger partial charge in [0.05, 0.1) is 25.5 Å². The van der Waals surface area contributed by atoms with Gasteiger partial charge in [0.25, 0.3) is 5.88 Å². The number of carbonyl (C=O) groups is 1. The predicted octanol–water partition coefficient (Wildman–Crippen LogP) is 6.21. The lowest BCUT2D eigenvalue weighted by Crippen LogP contribution is -2.42. The second-order valence-corrected chi connectivity index (χ2v) is 9.68. The Labute approximate surface area is 232 Å². The lowest BCUT2D eigenvalue weighted by Gasteiger charge is -2.25. The smallest absolute Gasteiger partial charge is 0.408 e. The van der Waals surface area contributed by atoms with Crippen molar-refractivity contribution in [2.24, 2.45) is 0 Å². The van der Waals surface area contributed by atoms with Gasteiger partial charge in [0, 0.05) is 6.42 Å². The number of halogens is 1. The maximum absolute atomic E-state index is 13.3. The molecule has 2 aromatic carbocycles. The third-order valence-corrected chi connectivity index (χ3v) is 6.01. The maximum atomic E-state index is 13.3. The quantitative estimate of drug-likeness (QED) is 0.208. The zero-order chi connectivity index (χ0) is 28.5. The van der Waals surface area contributed by atoms with Gasteiger partial charge >= 0.3 is 6.09 Å². The Balaban J connectivity index is 1.62. The Hall–Kier alpha value is -4.47. The number of carbonyl (C=O) groups excluding carboxylic acids is 1. The van der Waals surface area contributed by atoms with Gasteiger partial charge in [0.15, 0.2) is 11.5 Å². The summed E-state index contributed by atoms with van der Waals surface area (Å²) in [4.78, 5) is 26.3. The first-order chi connectivity index (χ1) is 19.3. The molecule has 0 aliphatic heterocycles. The fourth-order valence-electron chi connectivity index (χ4n) is 3.81. The predicted molar refractivity (Wildman–Crippen MR) is 146 cm³/mol. The molecule has 0 saturated carbocycles. The van der Waals surface area contributed by atoms with Gasteiger partial charge < -0.3 is 23.9 Å². The van der Waals surface area contributed by atoms with Gasteiger partial charge in [-0.3, -0.25) is 0 Å². The first kappa shape index (κ1) is 28.5. The lowest BCUT2D eigenvalue weighted by atomic mass is 10.0. The van der Waals surface area contributed by atoms with Crippen LogP contribution in [0.1, 0.15) is 56.3 Å². The van der Waals surface area contributed by atoms with E-state index in [1.165, 1.54) is 19.2 Å². The minimum atomic E-state index is -1.05. The zero-order valence-electron chi connectivity index (χ0n) is 23.1. The molecule has 10 heteroatoms. The van der Waals surface area contributed by atoms with Crippen LogP contribution in [0.4, 0.5) is 9.18 Å². The van der Waals surface area contributed by atoms with Crippen molar-refractivity contribution in [2.75, 3.05) is 13.7 Å². The number of nitrogens with zero attached hydrogens (tertiary/aromatic N) is 3. The van der Waals surface area contributed by atoms with E-state index in [4.69, 9.17) is 23.6 Å². The van der Waals surface area contributed by atoms with Crippen LogP contribution in [0.25, 0.3) is 11.6 Å². The van der Waals surface area contributed by atoms with Crippen molar-refractivity contribution in [3.8, 4) is 23.2 Å². The molecule has 4 aromatic rings. The number of methoxy groups -OCH3 is 1. The summed E-state index contributed by atoms with van der Waals surface area (Å²) in [6.07, 6.45) is 3.12. The molecule has 0 aliphatic rings. The Morgan fingerprint density at radius 3 is 2.50 bits per heavy atom. The summed E-state index contributed by atoms with van der Waals surface area (Å²) < 4.78 is 36.4. The number of hydrogen-bond acceptors (Lipinski definition) is 8. The van der Waals surface area contributed by atoms with Crippen LogP contribution in [0.2, 0.25) is 0 Å². The number of hydrogen-bond donors (Lipinski definition) is 1. The molecule has 2 aromatic heterocycles. The largest absolute Gasteiger partial charge is 0.486 e. The van der Waals surface area contributed by atoms with Crippen molar-refractivity contribution in [2.45, 2.75) is 52.2 Å². The van der Waals surface area contributed by atoms with E-state index in [-0.39, 0.29) is 41.5 Å². The van der Waals surface area contributed by atoms with Gasteiger partial charge in [-0.1, -0.05) is 55.8 Å². The van der Waals surface area contributed by atoms with Gasteiger partial charge in [0.2, 0.25) is 11.6 Å². The molecule has 0 radical (unpaired) electrons. The van der Waals surface area contributed by atoms with Gasteiger partial charge in [0.1, 0.15) is 18.2 Å². The summed E-state index contributed by atoms with van der Waals surface area (Å²) >= 11 is 0. The summed E-state index contributed by atoms with van der Waals surface area (Å²) in [5.41, 5.74) is 0.964. The van der Waals surface area contributed by atoms with E-state index in [2.05, 4.69) is 22.2 Å². The molecular weight excluding hydrogens is 515 g/mol. The second kappa shape index (κ2) is 13.1. The molecule has 2 heterocycles. The number of rotatable bonds is 12. The fraction of sp³-hybridized carbons (Fsp3) is 0.333. The summed E-state index contributed by atoms with van der Waals surface area (Å²) in [5, 5.41) is 2.82. The molecule has 0 unspecified atom stereocenters. The SMILES string of the molecule is CCCCOc1c(OC)nc(C(C)(C)NC(=O)OCc2ccccc2)nc1-c1ncc(Cc2ccc(F)cc2)o1. The molecule has 0 spiro atoms. The summed E-state index contributed by atoms with van der Waals surface area (Å²) in [6, 6.07) is 15.6. The summed E-state index contributed by atoms with van der Waals surface area (Å²) in [6.45, 7) is 6.10. The zero-order valence-corrected chi connectivity index (χ0v) is 23.1. The number of oxazole rings is 1. The minimum absolute atomic E-state index is 0.121. The molecular formula is C30H33FN4O5. The molecule has 4 rings (SSSR count). The van der Waals surface area contributed by atoms with Gasteiger partial charge in [-0.15, -0.1) is 0 Å². The second-order valence-electron chi connectivity index (χ2n) is 9.68. The highest BCUT2D eigenvalue weighted by atomic mass is 19.1. The third-order valence-electron chi connectivity index (χ3n) is 6.01. The number of aromatic nitrogens is 3. The van der Waals surface area contributed by atoms with Crippen molar-refractivity contribution in [3.05, 3.63) is 89.3 Å². The minimum Gasteiger partial charge on any atom is -0.486 e. The fourth-order valence-corrected chi connectivity index (χ4v) is 3.81. The molecule has 1 amide bonds. The number of unbranched alkanes of at least 4 members (excludes halogenated alkanes) is 1. The van der Waals surface area contributed by atoms with Crippen molar-refractivity contribution >= 4 is 6.09 Å². The molecule has 0 atom stereocenters. The summed E-state index contributed by atoms with van der Waals surface area (Å²) in [7, 11) is 1.48. The standard InChI is InChI=1S/C30H33FN4O5/c1-5-6-16-38-25-24(26-32-18-23(40-26)17-20-12-14-22(31)15-13-20)33-28(34-27(25)37-4)30(2,3)35-29(36)39-19-21-10-8-7-9-11-21/h7-15,18H,5-6,16-17,19H2,1-4H3,(H,35,36). The van der Waals surface area contributed by atoms with Crippen LogP contribution >= 0.6 is 0 Å². The molecule has 210 valence electrons. The molecule has 0 aliphatic carbocycles. The topological polar surface area (TPSA) is 109 Å². The average Bonchev–Trinajstić information content (AvgIpc) is 3.41. The van der Waals surface area contributed by atoms with Crippen LogP contribution in [-0.4, -0.2) is 34.8 Å². The molecule has 9 nitrogen and oxygen atoms in total. The van der Waals surface area contributed by atoms with E-state index >= 15 is 0 Å². The molecule has 40 heavy (non-hydrogen) atoms. The highest BCUT2D eigenvalue weighted by Gasteiger charge is 2.32. The van der Waals surface area contributed by atoms with Crippen molar-refractivity contribution < 1.29 is 27.8 Å². The highest BCUT2D eigenvalue weighted by Crippen LogP contribution is 2.37. The normalized spacial score (nSPS) is 11.2. The van der Waals surface area contributed by atoms with Crippen molar-refractivity contribution in [3.63, 3.8) is 0 Å². The molecule has 0 bridgehead atoms. The molecule has 0 fully saturated rings. The Bertz CT molecular complexity index is 1410. The van der Waals surface area contributed by atoms with E-state index in [0.29, 0.717) is 18.8 Å². The van der Waals surface area contributed by atoms with Crippen LogP contribution in [0, 0.1) is 5.82 Å². The van der Waals surface area contributed by atoms with Crippen LogP contribution in [-0.2, 0) is 23.3 Å². The Morgan fingerprint density at radius 1 is 1.05 bits per heavy atom. The van der Waals surface area contributed by atoms with E-state index < -0.39 is 11.6 Å². The van der Waals surface area contributed by atoms with Crippen LogP contribution in [0.15, 0.2) is 65.2 Å². The van der Waals surface area contributed by atoms with Crippen molar-refractivity contribution in [1.82, 2.24) is 20.3 Å². The van der Waals surface area contributed by atoms with Crippen LogP contribution < -0.4 is 14.8 Å². The van der Waals surface area contributed by atoms with Crippen molar-refractivity contribution in [1.29, 1.82) is 0 Å². The Kier molecular flexibility index (Phi) is 9.31. The highest BCUT2D eigenvalue weighted by molar-refractivity contribution is 5.68. The van der Waals surface area contributed by atoms with E-state index in [1.54, 1.807) is 32.2 Å². The Morgan fingerprint density at radius 2 is 1.80 bits per heavy atom. The molecule has 0 saturated heterocycles. The number of amides is 1. The lowest BCUT2D eigenvalue weighted by molar-refractivity contribution is 0.128. The van der Waals surface area contributed by atoms with E-state index in [9.17, 15) is 9.18 Å². The maximum Gasteiger partial charge on any atom is 0.408 e. The number of benzene rings is 2. The number of ether oxygens (including phenoxy) is 3. The van der Waals surface area contributed by atoms with Gasteiger partial charge in [-0.2, -0.15) is 4.98 Å². The van der Waals surface area contributed by atoms with E-state index in [0.717, 1.165) is 24.0 Å². The average molecular weight is 549 g/mol. The van der Waals surface area contributed by atoms with Gasteiger partial charge in [-0.05, 0) is 43.5 Å². The molecule has 1 N–H and O–H groups in total. The first-order valence-electron chi connectivity index (χ1n) is 13.1. The summed E-state index contributed by atoms with van der Waals surface area (Å²) in [5.74, 6) is 1.17. The van der Waals surface area contributed by atoms with Crippen LogP contribution in [0.3, 0.4) is 0 Å².